The van der Waals surface area contributed by atoms with Crippen molar-refractivity contribution in [2.45, 2.75) is 39.3 Å². The molecule has 0 heterocycles. The van der Waals surface area contributed by atoms with Gasteiger partial charge in [0.1, 0.15) is 0 Å². The van der Waals surface area contributed by atoms with Crippen molar-refractivity contribution >= 4 is 29.9 Å². The smallest absolute Gasteiger partial charge is 0.191 e. The van der Waals surface area contributed by atoms with E-state index in [1.165, 1.54) is 5.56 Å². The van der Waals surface area contributed by atoms with Crippen LogP contribution in [-0.4, -0.2) is 18.5 Å². The normalized spacial score (nSPS) is 13.1. The first kappa shape index (κ1) is 22.0. The fraction of sp³-hybridized carbons (Fsp3) is 0.333. The lowest BCUT2D eigenvalue weighted by atomic mass is 9.94. The Hall–Kier alpha value is -2.07. The molecular formula is C21H27IN4. The third kappa shape index (κ3) is 6.68. The second kappa shape index (κ2) is 11.5. The van der Waals surface area contributed by atoms with Crippen LogP contribution in [0.1, 0.15) is 43.4 Å². The monoisotopic (exact) mass is 462 g/mol. The van der Waals surface area contributed by atoms with Crippen LogP contribution in [0.25, 0.3) is 0 Å². The summed E-state index contributed by atoms with van der Waals surface area (Å²) in [6, 6.07) is 20.5. The maximum Gasteiger partial charge on any atom is 0.191 e. The van der Waals surface area contributed by atoms with Crippen molar-refractivity contribution in [1.82, 2.24) is 10.6 Å². The lowest BCUT2D eigenvalue weighted by Crippen LogP contribution is -2.44. The maximum atomic E-state index is 9.00. The lowest BCUT2D eigenvalue weighted by Gasteiger charge is -2.24. The van der Waals surface area contributed by atoms with Gasteiger partial charge < -0.3 is 10.6 Å². The average Bonchev–Trinajstić information content (AvgIpc) is 2.66. The molecule has 0 aliphatic heterocycles. The minimum atomic E-state index is 0. The quantitative estimate of drug-likeness (QED) is 0.380. The zero-order chi connectivity index (χ0) is 18.1. The van der Waals surface area contributed by atoms with Crippen LogP contribution in [0, 0.1) is 11.3 Å². The molecular weight excluding hydrogens is 435 g/mol. The number of hydrogen-bond acceptors (Lipinski definition) is 2. The van der Waals surface area contributed by atoms with E-state index >= 15 is 0 Å². The van der Waals surface area contributed by atoms with Gasteiger partial charge in [0, 0.05) is 18.5 Å². The first-order valence-electron chi connectivity index (χ1n) is 8.73. The fourth-order valence-corrected chi connectivity index (χ4v) is 2.62. The van der Waals surface area contributed by atoms with Crippen LogP contribution in [0.4, 0.5) is 0 Å². The first-order chi connectivity index (χ1) is 12.1. The summed E-state index contributed by atoms with van der Waals surface area (Å²) in [4.78, 5) is 4.66. The Bertz CT molecular complexity index is 737. The maximum absolute atomic E-state index is 9.00. The highest BCUT2D eigenvalue weighted by atomic mass is 127. The van der Waals surface area contributed by atoms with Gasteiger partial charge in [-0.25, -0.2) is 4.99 Å². The van der Waals surface area contributed by atoms with E-state index in [0.717, 1.165) is 18.1 Å². The number of rotatable bonds is 6. The highest BCUT2D eigenvalue weighted by molar-refractivity contribution is 14.0. The Kier molecular flexibility index (Phi) is 9.74. The number of nitrogens with one attached hydrogen (secondary N) is 2. The van der Waals surface area contributed by atoms with E-state index in [9.17, 15) is 0 Å². The third-order valence-corrected chi connectivity index (χ3v) is 4.26. The molecule has 2 aromatic carbocycles. The van der Waals surface area contributed by atoms with Crippen LogP contribution in [0.3, 0.4) is 0 Å². The van der Waals surface area contributed by atoms with Crippen molar-refractivity contribution in [2.24, 2.45) is 4.99 Å². The summed E-state index contributed by atoms with van der Waals surface area (Å²) >= 11 is 0. The summed E-state index contributed by atoms with van der Waals surface area (Å²) < 4.78 is 0. The molecule has 0 saturated heterocycles. The Morgan fingerprint density at radius 1 is 1.12 bits per heavy atom. The molecule has 0 radical (unpaired) electrons. The number of nitrogens with zero attached hydrogens (tertiary/aromatic N) is 2. The molecule has 2 rings (SSSR count). The molecule has 0 bridgehead atoms. The molecule has 0 aliphatic rings. The Morgan fingerprint density at radius 2 is 1.85 bits per heavy atom. The van der Waals surface area contributed by atoms with E-state index < -0.39 is 0 Å². The van der Waals surface area contributed by atoms with Gasteiger partial charge in [0.25, 0.3) is 0 Å². The van der Waals surface area contributed by atoms with Crippen LogP contribution in [-0.2, 0) is 6.54 Å². The van der Waals surface area contributed by atoms with Crippen molar-refractivity contribution in [3.8, 4) is 6.07 Å². The van der Waals surface area contributed by atoms with Crippen LogP contribution >= 0.6 is 24.0 Å². The number of guanidine groups is 1. The first-order valence-corrected chi connectivity index (χ1v) is 8.73. The minimum absolute atomic E-state index is 0. The van der Waals surface area contributed by atoms with Gasteiger partial charge in [-0.15, -0.1) is 24.0 Å². The highest BCUT2D eigenvalue weighted by Crippen LogP contribution is 2.18. The van der Waals surface area contributed by atoms with Gasteiger partial charge in [-0.1, -0.05) is 49.4 Å². The SMILES string of the molecule is CCNC(=NCc1cccc(C#N)c1)NC(C)C(C)c1ccccc1.I. The molecule has 0 saturated carbocycles. The zero-order valence-corrected chi connectivity index (χ0v) is 17.9. The zero-order valence-electron chi connectivity index (χ0n) is 15.6. The van der Waals surface area contributed by atoms with E-state index in [1.807, 2.05) is 24.3 Å². The predicted octanol–water partition coefficient (Wildman–Crippen LogP) is 4.42. The van der Waals surface area contributed by atoms with Gasteiger partial charge in [0.05, 0.1) is 18.2 Å². The number of hydrogen-bond donors (Lipinski definition) is 2. The second-order valence-electron chi connectivity index (χ2n) is 6.14. The molecule has 0 aromatic heterocycles. The molecule has 26 heavy (non-hydrogen) atoms. The van der Waals surface area contributed by atoms with Gasteiger partial charge in [0.15, 0.2) is 5.96 Å². The molecule has 5 heteroatoms. The van der Waals surface area contributed by atoms with Crippen molar-refractivity contribution in [3.05, 3.63) is 71.3 Å². The summed E-state index contributed by atoms with van der Waals surface area (Å²) in [5.41, 5.74) is 3.00. The van der Waals surface area contributed by atoms with Gasteiger partial charge >= 0.3 is 0 Å². The summed E-state index contributed by atoms with van der Waals surface area (Å²) in [7, 11) is 0. The van der Waals surface area contributed by atoms with E-state index in [4.69, 9.17) is 5.26 Å². The summed E-state index contributed by atoms with van der Waals surface area (Å²) in [5, 5.41) is 15.8. The van der Waals surface area contributed by atoms with E-state index in [0.29, 0.717) is 18.0 Å². The summed E-state index contributed by atoms with van der Waals surface area (Å²) in [5.74, 6) is 1.16. The van der Waals surface area contributed by atoms with Crippen LogP contribution in [0.5, 0.6) is 0 Å². The Morgan fingerprint density at radius 3 is 2.50 bits per heavy atom. The molecule has 138 valence electrons. The highest BCUT2D eigenvalue weighted by Gasteiger charge is 2.15. The number of aliphatic imine (C=N–C) groups is 1. The molecule has 0 fully saturated rings. The van der Waals surface area contributed by atoms with E-state index in [1.54, 1.807) is 6.07 Å². The van der Waals surface area contributed by atoms with Crippen LogP contribution < -0.4 is 10.6 Å². The standard InChI is InChI=1S/C21H26N4.HI/c1-4-23-21(24-15-19-10-8-9-18(13-19)14-22)25-17(3)16(2)20-11-6-5-7-12-20;/h5-13,16-17H,4,15H2,1-3H3,(H2,23,24,25);1H. The second-order valence-corrected chi connectivity index (χ2v) is 6.14. The average molecular weight is 462 g/mol. The van der Waals surface area contributed by atoms with Crippen molar-refractivity contribution in [2.75, 3.05) is 6.54 Å². The number of halogens is 1. The van der Waals surface area contributed by atoms with E-state index in [2.05, 4.69) is 66.7 Å². The molecule has 2 unspecified atom stereocenters. The van der Waals surface area contributed by atoms with Crippen LogP contribution in [0.15, 0.2) is 59.6 Å². The number of nitriles is 1. The number of benzene rings is 2. The van der Waals surface area contributed by atoms with Gasteiger partial charge in [0.2, 0.25) is 0 Å². The Labute approximate surface area is 173 Å². The minimum Gasteiger partial charge on any atom is -0.357 e. The molecule has 0 amide bonds. The molecule has 2 aromatic rings. The van der Waals surface area contributed by atoms with Gasteiger partial charge in [-0.05, 0) is 37.1 Å². The largest absolute Gasteiger partial charge is 0.357 e. The third-order valence-electron chi connectivity index (χ3n) is 4.26. The molecule has 2 N–H and O–H groups in total. The molecule has 4 nitrogen and oxygen atoms in total. The van der Waals surface area contributed by atoms with Crippen molar-refractivity contribution in [3.63, 3.8) is 0 Å². The van der Waals surface area contributed by atoms with Crippen molar-refractivity contribution in [1.29, 1.82) is 5.26 Å². The molecule has 0 spiro atoms. The summed E-state index contributed by atoms with van der Waals surface area (Å²) in [6.45, 7) is 7.78. The Balaban J connectivity index is 0.00000338. The topological polar surface area (TPSA) is 60.2 Å². The van der Waals surface area contributed by atoms with E-state index in [-0.39, 0.29) is 30.0 Å². The predicted molar refractivity (Wildman–Crippen MR) is 119 cm³/mol. The van der Waals surface area contributed by atoms with Gasteiger partial charge in [-0.3, -0.25) is 0 Å². The lowest BCUT2D eigenvalue weighted by molar-refractivity contribution is 0.550. The van der Waals surface area contributed by atoms with Crippen LogP contribution in [0.2, 0.25) is 0 Å². The molecule has 2 atom stereocenters. The van der Waals surface area contributed by atoms with Crippen molar-refractivity contribution < 1.29 is 0 Å². The van der Waals surface area contributed by atoms with Gasteiger partial charge in [-0.2, -0.15) is 5.26 Å². The summed E-state index contributed by atoms with van der Waals surface area (Å²) in [6.07, 6.45) is 0. The fourth-order valence-electron chi connectivity index (χ4n) is 2.62. The molecule has 0 aliphatic carbocycles.